The SMILES string of the molecule is CN(C)CCn1cc(-c2ccc(Br)cc2)cn1. The maximum absolute atomic E-state index is 4.37. The van der Waals surface area contributed by atoms with Crippen molar-refractivity contribution in [1.29, 1.82) is 0 Å². The third kappa shape index (κ3) is 3.41. The third-order valence-electron chi connectivity index (χ3n) is 2.59. The first kappa shape index (κ1) is 12.3. The van der Waals surface area contributed by atoms with Crippen LogP contribution in [-0.4, -0.2) is 35.3 Å². The number of hydrogen-bond donors (Lipinski definition) is 0. The van der Waals surface area contributed by atoms with Gasteiger partial charge >= 0.3 is 0 Å². The standard InChI is InChI=1S/C13H16BrN3/c1-16(2)7-8-17-10-12(9-15-17)11-3-5-13(14)6-4-11/h3-6,9-10H,7-8H2,1-2H3. The number of nitrogens with zero attached hydrogens (tertiary/aromatic N) is 3. The van der Waals surface area contributed by atoms with Gasteiger partial charge in [0.25, 0.3) is 0 Å². The number of benzene rings is 1. The van der Waals surface area contributed by atoms with Crippen LogP contribution < -0.4 is 0 Å². The van der Waals surface area contributed by atoms with E-state index in [4.69, 9.17) is 0 Å². The average Bonchev–Trinajstić information content (AvgIpc) is 2.76. The number of rotatable bonds is 4. The molecular formula is C13H16BrN3. The lowest BCUT2D eigenvalue weighted by molar-refractivity contribution is 0.373. The van der Waals surface area contributed by atoms with Crippen molar-refractivity contribution in [3.8, 4) is 11.1 Å². The Kier molecular flexibility index (Phi) is 3.97. The van der Waals surface area contributed by atoms with Gasteiger partial charge in [-0.1, -0.05) is 28.1 Å². The Morgan fingerprint density at radius 3 is 2.53 bits per heavy atom. The van der Waals surface area contributed by atoms with Gasteiger partial charge in [0.2, 0.25) is 0 Å². The van der Waals surface area contributed by atoms with Gasteiger partial charge in [0, 0.05) is 22.8 Å². The Morgan fingerprint density at radius 2 is 1.88 bits per heavy atom. The van der Waals surface area contributed by atoms with Crippen LogP contribution in [0.25, 0.3) is 11.1 Å². The molecule has 0 amide bonds. The Morgan fingerprint density at radius 1 is 1.18 bits per heavy atom. The lowest BCUT2D eigenvalue weighted by Crippen LogP contribution is -2.18. The fourth-order valence-corrected chi connectivity index (χ4v) is 1.84. The minimum absolute atomic E-state index is 0.920. The van der Waals surface area contributed by atoms with Gasteiger partial charge in [0.15, 0.2) is 0 Å². The molecule has 0 saturated carbocycles. The molecule has 1 heterocycles. The second kappa shape index (κ2) is 5.47. The van der Waals surface area contributed by atoms with E-state index in [1.54, 1.807) is 0 Å². The largest absolute Gasteiger partial charge is 0.308 e. The molecule has 1 aromatic carbocycles. The highest BCUT2D eigenvalue weighted by atomic mass is 79.9. The average molecular weight is 294 g/mol. The normalized spacial score (nSPS) is 11.1. The quantitative estimate of drug-likeness (QED) is 0.864. The highest BCUT2D eigenvalue weighted by molar-refractivity contribution is 9.10. The Balaban J connectivity index is 2.10. The molecule has 0 bridgehead atoms. The fraction of sp³-hybridized carbons (Fsp3) is 0.308. The van der Waals surface area contributed by atoms with Gasteiger partial charge in [-0.05, 0) is 31.8 Å². The Hall–Kier alpha value is -1.13. The smallest absolute Gasteiger partial charge is 0.0568 e. The zero-order valence-corrected chi connectivity index (χ0v) is 11.7. The molecule has 0 aliphatic heterocycles. The summed E-state index contributed by atoms with van der Waals surface area (Å²) < 4.78 is 3.08. The lowest BCUT2D eigenvalue weighted by atomic mass is 10.1. The first-order chi connectivity index (χ1) is 8.15. The van der Waals surface area contributed by atoms with Crippen LogP contribution in [-0.2, 0) is 6.54 Å². The summed E-state index contributed by atoms with van der Waals surface area (Å²) in [4.78, 5) is 2.15. The molecular weight excluding hydrogens is 278 g/mol. The maximum atomic E-state index is 4.37. The molecule has 90 valence electrons. The van der Waals surface area contributed by atoms with Crippen LogP contribution in [0.2, 0.25) is 0 Å². The molecule has 3 nitrogen and oxygen atoms in total. The molecule has 1 aromatic heterocycles. The molecule has 0 radical (unpaired) electrons. The predicted molar refractivity (Wildman–Crippen MR) is 73.9 cm³/mol. The molecule has 17 heavy (non-hydrogen) atoms. The number of hydrogen-bond acceptors (Lipinski definition) is 2. The summed E-state index contributed by atoms with van der Waals surface area (Å²) >= 11 is 3.44. The summed E-state index contributed by atoms with van der Waals surface area (Å²) in [5.41, 5.74) is 2.36. The topological polar surface area (TPSA) is 21.1 Å². The van der Waals surface area contributed by atoms with Gasteiger partial charge in [-0.25, -0.2) is 0 Å². The van der Waals surface area contributed by atoms with E-state index in [1.165, 1.54) is 5.56 Å². The van der Waals surface area contributed by atoms with Gasteiger partial charge < -0.3 is 4.90 Å². The predicted octanol–water partition coefficient (Wildman–Crippen LogP) is 2.87. The number of aromatic nitrogens is 2. The van der Waals surface area contributed by atoms with Crippen LogP contribution >= 0.6 is 15.9 Å². The van der Waals surface area contributed by atoms with E-state index in [1.807, 2.05) is 23.0 Å². The lowest BCUT2D eigenvalue weighted by Gasteiger charge is -2.08. The fourth-order valence-electron chi connectivity index (χ4n) is 1.58. The summed E-state index contributed by atoms with van der Waals surface area (Å²) in [5.74, 6) is 0. The van der Waals surface area contributed by atoms with E-state index in [-0.39, 0.29) is 0 Å². The number of halogens is 1. The molecule has 0 unspecified atom stereocenters. The van der Waals surface area contributed by atoms with Gasteiger partial charge in [-0.2, -0.15) is 5.10 Å². The van der Waals surface area contributed by atoms with E-state index in [0.29, 0.717) is 0 Å². The van der Waals surface area contributed by atoms with Crippen molar-refractivity contribution >= 4 is 15.9 Å². The Bertz CT molecular complexity index is 474. The van der Waals surface area contributed by atoms with Crippen molar-refractivity contribution in [3.63, 3.8) is 0 Å². The van der Waals surface area contributed by atoms with Crippen LogP contribution in [0.1, 0.15) is 0 Å². The molecule has 0 atom stereocenters. The zero-order valence-electron chi connectivity index (χ0n) is 10.1. The van der Waals surface area contributed by atoms with Crippen molar-refractivity contribution in [2.45, 2.75) is 6.54 Å². The third-order valence-corrected chi connectivity index (χ3v) is 3.12. The van der Waals surface area contributed by atoms with Crippen LogP contribution in [0, 0.1) is 0 Å². The van der Waals surface area contributed by atoms with Gasteiger partial charge in [0.1, 0.15) is 0 Å². The summed E-state index contributed by atoms with van der Waals surface area (Å²) in [6, 6.07) is 8.29. The van der Waals surface area contributed by atoms with Crippen molar-refractivity contribution in [1.82, 2.24) is 14.7 Å². The highest BCUT2D eigenvalue weighted by Gasteiger charge is 2.01. The van der Waals surface area contributed by atoms with E-state index >= 15 is 0 Å². The molecule has 2 aromatic rings. The van der Waals surface area contributed by atoms with Crippen LogP contribution in [0.15, 0.2) is 41.1 Å². The van der Waals surface area contributed by atoms with Crippen molar-refractivity contribution in [2.75, 3.05) is 20.6 Å². The number of likely N-dealkylation sites (N-methyl/N-ethyl adjacent to an activating group) is 1. The minimum Gasteiger partial charge on any atom is -0.308 e. The van der Waals surface area contributed by atoms with Crippen molar-refractivity contribution in [2.24, 2.45) is 0 Å². The molecule has 0 aliphatic rings. The van der Waals surface area contributed by atoms with Gasteiger partial charge in [-0.15, -0.1) is 0 Å². The van der Waals surface area contributed by atoms with Gasteiger partial charge in [-0.3, -0.25) is 4.68 Å². The monoisotopic (exact) mass is 293 g/mol. The van der Waals surface area contributed by atoms with E-state index in [0.717, 1.165) is 23.1 Å². The van der Waals surface area contributed by atoms with Crippen LogP contribution in [0.3, 0.4) is 0 Å². The molecule has 0 aliphatic carbocycles. The van der Waals surface area contributed by atoms with E-state index in [9.17, 15) is 0 Å². The molecule has 0 saturated heterocycles. The molecule has 4 heteroatoms. The minimum atomic E-state index is 0.920. The molecule has 2 rings (SSSR count). The summed E-state index contributed by atoms with van der Waals surface area (Å²) in [6.07, 6.45) is 4.01. The van der Waals surface area contributed by atoms with Crippen molar-refractivity contribution < 1.29 is 0 Å². The van der Waals surface area contributed by atoms with E-state index < -0.39 is 0 Å². The first-order valence-corrected chi connectivity index (χ1v) is 6.37. The summed E-state index contributed by atoms with van der Waals surface area (Å²) in [7, 11) is 4.14. The maximum Gasteiger partial charge on any atom is 0.0568 e. The first-order valence-electron chi connectivity index (χ1n) is 5.58. The van der Waals surface area contributed by atoms with Crippen LogP contribution in [0.5, 0.6) is 0 Å². The molecule has 0 spiro atoms. The van der Waals surface area contributed by atoms with Gasteiger partial charge in [0.05, 0.1) is 12.7 Å². The summed E-state index contributed by atoms with van der Waals surface area (Å²) in [5, 5.41) is 4.37. The zero-order chi connectivity index (χ0) is 12.3. The van der Waals surface area contributed by atoms with Crippen molar-refractivity contribution in [3.05, 3.63) is 41.1 Å². The highest BCUT2D eigenvalue weighted by Crippen LogP contribution is 2.20. The summed E-state index contributed by atoms with van der Waals surface area (Å²) in [6.45, 7) is 1.92. The second-order valence-electron chi connectivity index (χ2n) is 4.30. The molecule has 0 fully saturated rings. The molecule has 0 N–H and O–H groups in total. The van der Waals surface area contributed by atoms with E-state index in [2.05, 4.69) is 58.4 Å². The Labute approximate surface area is 110 Å². The second-order valence-corrected chi connectivity index (χ2v) is 5.22. The van der Waals surface area contributed by atoms with Crippen LogP contribution in [0.4, 0.5) is 0 Å².